The molecule has 196 valence electrons. The third-order valence-electron chi connectivity index (χ3n) is 6.33. The van der Waals surface area contributed by atoms with Crippen molar-refractivity contribution in [2.24, 2.45) is 11.8 Å². The first kappa shape index (κ1) is 31.9. The molecule has 33 heavy (non-hydrogen) atoms. The maximum Gasteiger partial charge on any atom is 0.309 e. The van der Waals surface area contributed by atoms with Crippen LogP contribution >= 0.6 is 0 Å². The molecule has 0 rings (SSSR count). The molecular formula is C28H55NO4. The van der Waals surface area contributed by atoms with E-state index in [1.54, 1.807) is 6.92 Å². The van der Waals surface area contributed by atoms with Crippen LogP contribution in [0.5, 0.6) is 0 Å². The second-order valence-electron chi connectivity index (χ2n) is 10.2. The monoisotopic (exact) mass is 469 g/mol. The fraction of sp³-hybridized carbons (Fsp3) is 0.929. The van der Waals surface area contributed by atoms with Crippen molar-refractivity contribution in [2.75, 3.05) is 27.2 Å². The molecule has 0 heterocycles. The quantitative estimate of drug-likeness (QED) is 0.124. The van der Waals surface area contributed by atoms with Crippen molar-refractivity contribution < 1.29 is 19.1 Å². The van der Waals surface area contributed by atoms with Crippen LogP contribution < -0.4 is 0 Å². The average Bonchev–Trinajstić information content (AvgIpc) is 2.78. The fourth-order valence-corrected chi connectivity index (χ4v) is 3.96. The van der Waals surface area contributed by atoms with Gasteiger partial charge in [0.1, 0.15) is 12.7 Å². The number of esters is 2. The highest BCUT2D eigenvalue weighted by molar-refractivity contribution is 5.73. The topological polar surface area (TPSA) is 55.8 Å². The summed E-state index contributed by atoms with van der Waals surface area (Å²) in [5, 5.41) is 0. The Kier molecular flexibility index (Phi) is 20.7. The Hall–Kier alpha value is -1.10. The Labute approximate surface area is 205 Å². The maximum absolute atomic E-state index is 12.8. The van der Waals surface area contributed by atoms with Crippen LogP contribution in [0.4, 0.5) is 0 Å². The van der Waals surface area contributed by atoms with Crippen molar-refractivity contribution in [1.82, 2.24) is 4.90 Å². The molecule has 0 aromatic heterocycles. The van der Waals surface area contributed by atoms with E-state index in [0.717, 1.165) is 38.6 Å². The van der Waals surface area contributed by atoms with Crippen molar-refractivity contribution in [3.63, 3.8) is 0 Å². The fourth-order valence-electron chi connectivity index (χ4n) is 3.96. The van der Waals surface area contributed by atoms with Gasteiger partial charge in [0.2, 0.25) is 0 Å². The molecule has 0 aliphatic rings. The number of rotatable bonds is 22. The normalized spacial score (nSPS) is 14.2. The summed E-state index contributed by atoms with van der Waals surface area (Å²) < 4.78 is 11.1. The lowest BCUT2D eigenvalue weighted by Gasteiger charge is -2.20. The Morgan fingerprint density at radius 3 is 1.67 bits per heavy atom. The van der Waals surface area contributed by atoms with Gasteiger partial charge in [0.25, 0.3) is 0 Å². The van der Waals surface area contributed by atoms with Gasteiger partial charge in [-0.3, -0.25) is 9.59 Å². The molecule has 0 aromatic rings. The second-order valence-corrected chi connectivity index (χ2v) is 10.2. The molecule has 5 nitrogen and oxygen atoms in total. The lowest BCUT2D eigenvalue weighted by atomic mass is 9.94. The molecular weight excluding hydrogens is 414 g/mol. The predicted molar refractivity (Wildman–Crippen MR) is 138 cm³/mol. The van der Waals surface area contributed by atoms with Gasteiger partial charge in [-0.1, -0.05) is 97.8 Å². The van der Waals surface area contributed by atoms with Crippen LogP contribution in [0, 0.1) is 11.8 Å². The van der Waals surface area contributed by atoms with E-state index in [-0.39, 0.29) is 30.4 Å². The lowest BCUT2D eigenvalue weighted by molar-refractivity contribution is -0.163. The molecule has 0 amide bonds. The number of carbonyl (C=O) groups excluding carboxylic acids is 2. The summed E-state index contributed by atoms with van der Waals surface area (Å²) in [5.74, 6) is -0.501. The molecule has 0 saturated heterocycles. The molecule has 0 aromatic carbocycles. The SMILES string of the molecule is CCCCCCCCCC(CCCCCCC)C(=O)OCC(C)OC(=O)C(C)CCN(C)C. The van der Waals surface area contributed by atoms with E-state index < -0.39 is 6.10 Å². The highest BCUT2D eigenvalue weighted by Gasteiger charge is 2.22. The largest absolute Gasteiger partial charge is 0.462 e. The third kappa shape index (κ3) is 19.0. The van der Waals surface area contributed by atoms with Crippen molar-refractivity contribution in [3.8, 4) is 0 Å². The molecule has 0 spiro atoms. The van der Waals surface area contributed by atoms with Gasteiger partial charge in [-0.2, -0.15) is 0 Å². The van der Waals surface area contributed by atoms with Crippen molar-refractivity contribution >= 4 is 11.9 Å². The van der Waals surface area contributed by atoms with Crippen molar-refractivity contribution in [1.29, 1.82) is 0 Å². The number of carbonyl (C=O) groups is 2. The summed E-state index contributed by atoms with van der Waals surface area (Å²) >= 11 is 0. The van der Waals surface area contributed by atoms with Crippen molar-refractivity contribution in [2.45, 2.75) is 130 Å². The van der Waals surface area contributed by atoms with E-state index in [1.165, 1.54) is 64.2 Å². The summed E-state index contributed by atoms with van der Waals surface area (Å²) in [4.78, 5) is 27.1. The van der Waals surface area contributed by atoms with Crippen LogP contribution in [0.25, 0.3) is 0 Å². The van der Waals surface area contributed by atoms with Crippen LogP contribution in [-0.2, 0) is 19.1 Å². The Morgan fingerprint density at radius 1 is 0.697 bits per heavy atom. The number of ether oxygens (including phenoxy) is 2. The molecule has 3 unspecified atom stereocenters. The van der Waals surface area contributed by atoms with Crippen LogP contribution in [0.15, 0.2) is 0 Å². The zero-order valence-electron chi connectivity index (χ0n) is 22.8. The summed E-state index contributed by atoms with van der Waals surface area (Å²) in [5.41, 5.74) is 0. The van der Waals surface area contributed by atoms with Crippen LogP contribution in [0.3, 0.4) is 0 Å². The Bertz CT molecular complexity index is 481. The lowest BCUT2D eigenvalue weighted by Crippen LogP contribution is -2.28. The highest BCUT2D eigenvalue weighted by atomic mass is 16.6. The van der Waals surface area contributed by atoms with Crippen LogP contribution in [0.2, 0.25) is 0 Å². The predicted octanol–water partition coefficient (Wildman–Crippen LogP) is 7.17. The van der Waals surface area contributed by atoms with Gasteiger partial charge in [-0.25, -0.2) is 0 Å². The third-order valence-corrected chi connectivity index (χ3v) is 6.33. The summed E-state index contributed by atoms with van der Waals surface area (Å²) in [7, 11) is 3.99. The number of unbranched alkanes of at least 4 members (excludes halogenated alkanes) is 10. The van der Waals surface area contributed by atoms with Gasteiger partial charge >= 0.3 is 11.9 Å². The molecule has 0 saturated carbocycles. The summed E-state index contributed by atoms with van der Waals surface area (Å²) in [6, 6.07) is 0. The zero-order valence-corrected chi connectivity index (χ0v) is 22.8. The maximum atomic E-state index is 12.8. The molecule has 0 aliphatic carbocycles. The standard InChI is InChI=1S/C28H55NO4/c1-7-9-11-13-14-16-18-20-26(19-17-15-12-10-8-2)28(31)32-23-25(4)33-27(30)24(3)21-22-29(5)6/h24-26H,7-23H2,1-6H3. The van der Waals surface area contributed by atoms with Crippen molar-refractivity contribution in [3.05, 3.63) is 0 Å². The Balaban J connectivity index is 4.40. The van der Waals surface area contributed by atoms with E-state index in [9.17, 15) is 9.59 Å². The second kappa shape index (κ2) is 21.4. The molecule has 0 fully saturated rings. The summed E-state index contributed by atoms with van der Waals surface area (Å²) in [6.07, 6.45) is 17.0. The van der Waals surface area contributed by atoms with E-state index in [4.69, 9.17) is 9.47 Å². The minimum atomic E-state index is -0.410. The first-order chi connectivity index (χ1) is 15.8. The van der Waals surface area contributed by atoms with Gasteiger partial charge in [0, 0.05) is 0 Å². The van der Waals surface area contributed by atoms with E-state index in [1.807, 2.05) is 21.0 Å². The number of hydrogen-bond donors (Lipinski definition) is 0. The molecule has 0 aliphatic heterocycles. The highest BCUT2D eigenvalue weighted by Crippen LogP contribution is 2.21. The minimum Gasteiger partial charge on any atom is -0.462 e. The van der Waals surface area contributed by atoms with Gasteiger partial charge in [-0.15, -0.1) is 0 Å². The van der Waals surface area contributed by atoms with Crippen LogP contribution in [0.1, 0.15) is 124 Å². The molecule has 3 atom stereocenters. The zero-order chi connectivity index (χ0) is 24.9. The average molecular weight is 470 g/mol. The summed E-state index contributed by atoms with van der Waals surface area (Å²) in [6.45, 7) is 9.15. The van der Waals surface area contributed by atoms with Gasteiger partial charge in [-0.05, 0) is 46.8 Å². The van der Waals surface area contributed by atoms with E-state index in [0.29, 0.717) is 0 Å². The first-order valence-corrected chi connectivity index (χ1v) is 13.8. The number of nitrogens with zero attached hydrogens (tertiary/aromatic N) is 1. The molecule has 0 bridgehead atoms. The Morgan fingerprint density at radius 2 is 1.18 bits per heavy atom. The first-order valence-electron chi connectivity index (χ1n) is 13.8. The van der Waals surface area contributed by atoms with Gasteiger partial charge < -0.3 is 14.4 Å². The van der Waals surface area contributed by atoms with Crippen LogP contribution in [-0.4, -0.2) is 50.2 Å². The number of hydrogen-bond acceptors (Lipinski definition) is 5. The van der Waals surface area contributed by atoms with E-state index >= 15 is 0 Å². The van der Waals surface area contributed by atoms with E-state index in [2.05, 4.69) is 18.7 Å². The van der Waals surface area contributed by atoms with Gasteiger partial charge in [0.05, 0.1) is 11.8 Å². The molecule has 0 N–H and O–H groups in total. The minimum absolute atomic E-state index is 0.0239. The smallest absolute Gasteiger partial charge is 0.309 e. The molecule has 0 radical (unpaired) electrons. The van der Waals surface area contributed by atoms with Gasteiger partial charge in [0.15, 0.2) is 0 Å². The molecule has 5 heteroatoms.